The monoisotopic (exact) mass is 247 g/mol. The van der Waals surface area contributed by atoms with Gasteiger partial charge in [-0.05, 0) is 37.8 Å². The molecule has 2 unspecified atom stereocenters. The van der Waals surface area contributed by atoms with Gasteiger partial charge in [0.2, 0.25) is 0 Å². The Hall–Kier alpha value is -0.900. The van der Waals surface area contributed by atoms with Crippen LogP contribution < -0.4 is 11.5 Å². The number of nitrogens with two attached hydrogens (primary N) is 2. The molecule has 0 radical (unpaired) electrons. The number of rotatable bonds is 5. The van der Waals surface area contributed by atoms with Gasteiger partial charge in [0, 0.05) is 25.2 Å². The Bertz CT molecular complexity index is 329. The normalized spacial score (nSPS) is 25.2. The zero-order valence-electron chi connectivity index (χ0n) is 11.1. The maximum atomic E-state index is 5.99. The van der Waals surface area contributed by atoms with Crippen LogP contribution in [0.15, 0.2) is 30.3 Å². The molecule has 0 spiro atoms. The molecular weight excluding hydrogens is 222 g/mol. The molecule has 1 fully saturated rings. The number of aryl methyl sites for hydroxylation is 1. The van der Waals surface area contributed by atoms with Crippen LogP contribution in [0.4, 0.5) is 0 Å². The molecule has 4 N–H and O–H groups in total. The van der Waals surface area contributed by atoms with E-state index in [0.29, 0.717) is 0 Å². The van der Waals surface area contributed by atoms with Gasteiger partial charge in [0.25, 0.3) is 0 Å². The molecule has 2 rings (SSSR count). The van der Waals surface area contributed by atoms with Crippen molar-refractivity contribution in [1.82, 2.24) is 4.90 Å². The van der Waals surface area contributed by atoms with Crippen LogP contribution in [0, 0.1) is 0 Å². The summed E-state index contributed by atoms with van der Waals surface area (Å²) in [5, 5.41) is 0. The largest absolute Gasteiger partial charge is 0.326 e. The maximum absolute atomic E-state index is 5.99. The fourth-order valence-corrected chi connectivity index (χ4v) is 2.77. The SMILES string of the molecule is NC1CC(N)CN(CCCCc2ccccc2)C1. The summed E-state index contributed by atoms with van der Waals surface area (Å²) in [7, 11) is 0. The molecule has 3 heteroatoms. The molecule has 100 valence electrons. The van der Waals surface area contributed by atoms with Crippen LogP contribution in [0.2, 0.25) is 0 Å². The average molecular weight is 247 g/mol. The first-order valence-corrected chi connectivity index (χ1v) is 7.01. The summed E-state index contributed by atoms with van der Waals surface area (Å²) in [5.74, 6) is 0. The van der Waals surface area contributed by atoms with Crippen molar-refractivity contribution in [2.24, 2.45) is 11.5 Å². The molecule has 0 aromatic heterocycles. The molecule has 1 aliphatic rings. The van der Waals surface area contributed by atoms with Crippen LogP contribution in [0.3, 0.4) is 0 Å². The van der Waals surface area contributed by atoms with E-state index in [4.69, 9.17) is 11.5 Å². The maximum Gasteiger partial charge on any atom is 0.0183 e. The van der Waals surface area contributed by atoms with E-state index < -0.39 is 0 Å². The van der Waals surface area contributed by atoms with E-state index in [0.717, 1.165) is 26.1 Å². The molecule has 0 saturated carbocycles. The van der Waals surface area contributed by atoms with Crippen molar-refractivity contribution in [3.8, 4) is 0 Å². The summed E-state index contributed by atoms with van der Waals surface area (Å²) in [6.45, 7) is 3.16. The van der Waals surface area contributed by atoms with Crippen molar-refractivity contribution in [1.29, 1.82) is 0 Å². The summed E-state index contributed by atoms with van der Waals surface area (Å²) in [6, 6.07) is 11.2. The number of hydrogen-bond acceptors (Lipinski definition) is 3. The zero-order valence-corrected chi connectivity index (χ0v) is 11.1. The lowest BCUT2D eigenvalue weighted by atomic mass is 10.0. The highest BCUT2D eigenvalue weighted by molar-refractivity contribution is 5.14. The van der Waals surface area contributed by atoms with Crippen LogP contribution in [0.1, 0.15) is 24.8 Å². The van der Waals surface area contributed by atoms with E-state index in [1.165, 1.54) is 24.8 Å². The average Bonchev–Trinajstić information content (AvgIpc) is 2.35. The van der Waals surface area contributed by atoms with Crippen molar-refractivity contribution in [2.45, 2.75) is 37.8 Å². The van der Waals surface area contributed by atoms with E-state index >= 15 is 0 Å². The summed E-state index contributed by atoms with van der Waals surface area (Å²) >= 11 is 0. The molecule has 2 atom stereocenters. The van der Waals surface area contributed by atoms with Crippen LogP contribution in [-0.4, -0.2) is 36.6 Å². The quantitative estimate of drug-likeness (QED) is 0.773. The second kappa shape index (κ2) is 6.88. The molecule has 1 heterocycles. The summed E-state index contributed by atoms with van der Waals surface area (Å²) in [4.78, 5) is 2.42. The van der Waals surface area contributed by atoms with Gasteiger partial charge in [0.05, 0.1) is 0 Å². The zero-order chi connectivity index (χ0) is 12.8. The lowest BCUT2D eigenvalue weighted by Crippen LogP contribution is -2.52. The smallest absolute Gasteiger partial charge is 0.0183 e. The fraction of sp³-hybridized carbons (Fsp3) is 0.600. The summed E-state index contributed by atoms with van der Waals surface area (Å²) in [6.07, 6.45) is 4.62. The topological polar surface area (TPSA) is 55.3 Å². The van der Waals surface area contributed by atoms with E-state index in [2.05, 4.69) is 35.2 Å². The van der Waals surface area contributed by atoms with Gasteiger partial charge in [-0.2, -0.15) is 0 Å². The molecule has 3 nitrogen and oxygen atoms in total. The molecular formula is C15H25N3. The molecule has 1 saturated heterocycles. The predicted octanol–water partition coefficient (Wildman–Crippen LogP) is 1.37. The van der Waals surface area contributed by atoms with Crippen LogP contribution in [0.5, 0.6) is 0 Å². The second-order valence-corrected chi connectivity index (χ2v) is 5.46. The standard InChI is InChI=1S/C15H25N3/c16-14-10-15(17)12-18(11-14)9-5-4-8-13-6-2-1-3-7-13/h1-3,6-7,14-15H,4-5,8-12,16-17H2. The number of nitrogens with zero attached hydrogens (tertiary/aromatic N) is 1. The molecule has 1 aliphatic heterocycles. The summed E-state index contributed by atoms with van der Waals surface area (Å²) in [5.41, 5.74) is 13.4. The minimum Gasteiger partial charge on any atom is -0.326 e. The first-order chi connectivity index (χ1) is 8.74. The molecule has 1 aromatic carbocycles. The second-order valence-electron chi connectivity index (χ2n) is 5.46. The number of piperidine rings is 1. The molecule has 0 aliphatic carbocycles. The highest BCUT2D eigenvalue weighted by Gasteiger charge is 2.21. The van der Waals surface area contributed by atoms with Crippen molar-refractivity contribution >= 4 is 0 Å². The van der Waals surface area contributed by atoms with Crippen LogP contribution >= 0.6 is 0 Å². The number of unbranched alkanes of at least 4 members (excludes halogenated alkanes) is 1. The van der Waals surface area contributed by atoms with Crippen molar-refractivity contribution < 1.29 is 0 Å². The van der Waals surface area contributed by atoms with Crippen molar-refractivity contribution in [2.75, 3.05) is 19.6 Å². The third-order valence-electron chi connectivity index (χ3n) is 3.62. The van der Waals surface area contributed by atoms with E-state index in [1.807, 2.05) is 0 Å². The Morgan fingerprint density at radius 3 is 2.33 bits per heavy atom. The number of hydrogen-bond donors (Lipinski definition) is 2. The van der Waals surface area contributed by atoms with Crippen molar-refractivity contribution in [3.63, 3.8) is 0 Å². The van der Waals surface area contributed by atoms with Crippen LogP contribution in [-0.2, 0) is 6.42 Å². The summed E-state index contributed by atoms with van der Waals surface area (Å²) < 4.78 is 0. The Kier molecular flexibility index (Phi) is 5.17. The number of benzene rings is 1. The molecule has 0 amide bonds. The van der Waals surface area contributed by atoms with Gasteiger partial charge in [-0.25, -0.2) is 0 Å². The molecule has 18 heavy (non-hydrogen) atoms. The minimum absolute atomic E-state index is 0.267. The predicted molar refractivity (Wildman–Crippen MR) is 76.4 cm³/mol. The first kappa shape index (κ1) is 13.5. The molecule has 0 bridgehead atoms. The Labute approximate surface area is 110 Å². The Morgan fingerprint density at radius 1 is 1.00 bits per heavy atom. The van der Waals surface area contributed by atoms with Gasteiger partial charge >= 0.3 is 0 Å². The van der Waals surface area contributed by atoms with Gasteiger partial charge in [0.1, 0.15) is 0 Å². The van der Waals surface area contributed by atoms with E-state index in [1.54, 1.807) is 0 Å². The lowest BCUT2D eigenvalue weighted by molar-refractivity contribution is 0.187. The van der Waals surface area contributed by atoms with Gasteiger partial charge in [-0.15, -0.1) is 0 Å². The van der Waals surface area contributed by atoms with Crippen molar-refractivity contribution in [3.05, 3.63) is 35.9 Å². The Balaban J connectivity index is 1.63. The van der Waals surface area contributed by atoms with Gasteiger partial charge in [0.15, 0.2) is 0 Å². The van der Waals surface area contributed by atoms with Gasteiger partial charge in [-0.3, -0.25) is 0 Å². The lowest BCUT2D eigenvalue weighted by Gasteiger charge is -2.34. The third-order valence-corrected chi connectivity index (χ3v) is 3.62. The number of likely N-dealkylation sites (tertiary alicyclic amines) is 1. The fourth-order valence-electron chi connectivity index (χ4n) is 2.77. The van der Waals surface area contributed by atoms with Crippen LogP contribution in [0.25, 0.3) is 0 Å². The highest BCUT2D eigenvalue weighted by atomic mass is 15.2. The van der Waals surface area contributed by atoms with E-state index in [-0.39, 0.29) is 12.1 Å². The first-order valence-electron chi connectivity index (χ1n) is 7.01. The molecule has 1 aromatic rings. The van der Waals surface area contributed by atoms with Gasteiger partial charge in [-0.1, -0.05) is 30.3 Å². The Morgan fingerprint density at radius 2 is 1.67 bits per heavy atom. The van der Waals surface area contributed by atoms with Gasteiger partial charge < -0.3 is 16.4 Å². The van der Waals surface area contributed by atoms with E-state index in [9.17, 15) is 0 Å². The highest BCUT2D eigenvalue weighted by Crippen LogP contribution is 2.10. The minimum atomic E-state index is 0.267. The third kappa shape index (κ3) is 4.41.